The molecule has 0 aliphatic carbocycles. The standard InChI is InChI=1S/C21H26N4O3/c1-16-8-18(11-22-10-16)13-24-4-6-25(7-5-24)14-21(26)23-12-17-2-3-19-20(9-17)28-15-27-19/h2-3,8-11H,4-7,12-15H2,1H3,(H,23,26). The van der Waals surface area contributed by atoms with Crippen molar-refractivity contribution in [3.05, 3.63) is 53.3 Å². The molecule has 1 aromatic carbocycles. The van der Waals surface area contributed by atoms with Crippen LogP contribution in [0.1, 0.15) is 16.7 Å². The molecule has 0 bridgehead atoms. The summed E-state index contributed by atoms with van der Waals surface area (Å²) in [5.74, 6) is 1.55. The van der Waals surface area contributed by atoms with E-state index in [2.05, 4.69) is 33.1 Å². The molecule has 148 valence electrons. The molecule has 2 aliphatic rings. The van der Waals surface area contributed by atoms with E-state index in [1.165, 1.54) is 11.1 Å². The highest BCUT2D eigenvalue weighted by molar-refractivity contribution is 5.78. The van der Waals surface area contributed by atoms with Crippen molar-refractivity contribution in [3.8, 4) is 11.5 Å². The van der Waals surface area contributed by atoms with Gasteiger partial charge in [-0.15, -0.1) is 0 Å². The molecule has 7 heteroatoms. The molecule has 0 atom stereocenters. The number of carbonyl (C=O) groups is 1. The van der Waals surface area contributed by atoms with Crippen molar-refractivity contribution in [1.82, 2.24) is 20.1 Å². The quantitative estimate of drug-likeness (QED) is 0.818. The number of nitrogens with zero attached hydrogens (tertiary/aromatic N) is 3. The molecule has 1 N–H and O–H groups in total. The Labute approximate surface area is 165 Å². The van der Waals surface area contributed by atoms with Gasteiger partial charge in [0.2, 0.25) is 12.7 Å². The zero-order valence-corrected chi connectivity index (χ0v) is 16.2. The Bertz CT molecular complexity index is 834. The number of amides is 1. The van der Waals surface area contributed by atoms with Crippen LogP contribution in [0, 0.1) is 6.92 Å². The Kier molecular flexibility index (Phi) is 5.73. The van der Waals surface area contributed by atoms with E-state index in [0.717, 1.165) is 49.8 Å². The molecular formula is C21H26N4O3. The maximum absolute atomic E-state index is 12.3. The van der Waals surface area contributed by atoms with Crippen molar-refractivity contribution < 1.29 is 14.3 Å². The highest BCUT2D eigenvalue weighted by Gasteiger charge is 2.19. The fraction of sp³-hybridized carbons (Fsp3) is 0.429. The van der Waals surface area contributed by atoms with E-state index < -0.39 is 0 Å². The number of pyridine rings is 1. The third-order valence-corrected chi connectivity index (χ3v) is 5.10. The molecule has 2 aliphatic heterocycles. The maximum Gasteiger partial charge on any atom is 0.234 e. The number of ether oxygens (including phenoxy) is 2. The lowest BCUT2D eigenvalue weighted by Gasteiger charge is -2.34. The molecule has 1 aromatic heterocycles. The van der Waals surface area contributed by atoms with Gasteiger partial charge in [0.15, 0.2) is 11.5 Å². The fourth-order valence-corrected chi connectivity index (χ4v) is 3.58. The molecule has 7 nitrogen and oxygen atoms in total. The predicted molar refractivity (Wildman–Crippen MR) is 105 cm³/mol. The Morgan fingerprint density at radius 3 is 2.64 bits per heavy atom. The zero-order valence-electron chi connectivity index (χ0n) is 16.2. The van der Waals surface area contributed by atoms with Crippen LogP contribution in [0.2, 0.25) is 0 Å². The minimum absolute atomic E-state index is 0.0500. The summed E-state index contributed by atoms with van der Waals surface area (Å²) in [6.45, 7) is 7.90. The van der Waals surface area contributed by atoms with Gasteiger partial charge in [-0.3, -0.25) is 19.6 Å². The van der Waals surface area contributed by atoms with E-state index >= 15 is 0 Å². The maximum atomic E-state index is 12.3. The average molecular weight is 382 g/mol. The number of fused-ring (bicyclic) bond motifs is 1. The van der Waals surface area contributed by atoms with Crippen molar-refractivity contribution in [3.63, 3.8) is 0 Å². The van der Waals surface area contributed by atoms with Gasteiger partial charge in [0.25, 0.3) is 0 Å². The van der Waals surface area contributed by atoms with E-state index in [1.807, 2.05) is 30.6 Å². The minimum atomic E-state index is 0.0500. The molecule has 28 heavy (non-hydrogen) atoms. The summed E-state index contributed by atoms with van der Waals surface area (Å²) in [5, 5.41) is 3.00. The van der Waals surface area contributed by atoms with E-state index in [9.17, 15) is 4.79 Å². The summed E-state index contributed by atoms with van der Waals surface area (Å²) < 4.78 is 10.7. The molecule has 1 amide bonds. The molecule has 0 saturated carbocycles. The van der Waals surface area contributed by atoms with Crippen LogP contribution in [0.25, 0.3) is 0 Å². The summed E-state index contributed by atoms with van der Waals surface area (Å²) in [7, 11) is 0. The van der Waals surface area contributed by atoms with Gasteiger partial charge < -0.3 is 14.8 Å². The monoisotopic (exact) mass is 382 g/mol. The van der Waals surface area contributed by atoms with Crippen LogP contribution in [-0.2, 0) is 17.9 Å². The second-order valence-electron chi connectivity index (χ2n) is 7.39. The Morgan fingerprint density at radius 2 is 1.82 bits per heavy atom. The van der Waals surface area contributed by atoms with Crippen LogP contribution < -0.4 is 14.8 Å². The van der Waals surface area contributed by atoms with Crippen molar-refractivity contribution in [2.45, 2.75) is 20.0 Å². The number of hydrogen-bond donors (Lipinski definition) is 1. The number of carbonyl (C=O) groups excluding carboxylic acids is 1. The Hall–Kier alpha value is -2.64. The first kappa shape index (κ1) is 18.7. The van der Waals surface area contributed by atoms with Crippen LogP contribution in [0.3, 0.4) is 0 Å². The molecule has 1 saturated heterocycles. The zero-order chi connectivity index (χ0) is 19.3. The molecule has 2 aromatic rings. The minimum Gasteiger partial charge on any atom is -0.454 e. The van der Waals surface area contributed by atoms with Gasteiger partial charge >= 0.3 is 0 Å². The SMILES string of the molecule is Cc1cncc(CN2CCN(CC(=O)NCc3ccc4c(c3)OCO4)CC2)c1. The van der Waals surface area contributed by atoms with Crippen LogP contribution in [0.15, 0.2) is 36.7 Å². The van der Waals surface area contributed by atoms with Gasteiger partial charge in [0.1, 0.15) is 0 Å². The summed E-state index contributed by atoms with van der Waals surface area (Å²) >= 11 is 0. The molecule has 3 heterocycles. The molecule has 1 fully saturated rings. The van der Waals surface area contributed by atoms with Gasteiger partial charge in [-0.2, -0.15) is 0 Å². The highest BCUT2D eigenvalue weighted by Crippen LogP contribution is 2.32. The van der Waals surface area contributed by atoms with Crippen molar-refractivity contribution in [2.24, 2.45) is 0 Å². The number of rotatable bonds is 6. The third-order valence-electron chi connectivity index (χ3n) is 5.10. The van der Waals surface area contributed by atoms with Gasteiger partial charge in [-0.1, -0.05) is 12.1 Å². The second-order valence-corrected chi connectivity index (χ2v) is 7.39. The topological polar surface area (TPSA) is 66.9 Å². The second kappa shape index (κ2) is 8.58. The first-order valence-corrected chi connectivity index (χ1v) is 9.66. The van der Waals surface area contributed by atoms with Gasteiger partial charge in [0, 0.05) is 51.7 Å². The molecule has 0 unspecified atom stereocenters. The Balaban J connectivity index is 1.19. The summed E-state index contributed by atoms with van der Waals surface area (Å²) in [6, 6.07) is 7.93. The van der Waals surface area contributed by atoms with Crippen LogP contribution >= 0.6 is 0 Å². The van der Waals surface area contributed by atoms with E-state index in [1.54, 1.807) is 0 Å². The average Bonchev–Trinajstić information content (AvgIpc) is 3.16. The molecule has 4 rings (SSSR count). The lowest BCUT2D eigenvalue weighted by Crippen LogP contribution is -2.49. The predicted octanol–water partition coefficient (Wildman–Crippen LogP) is 1.55. The lowest BCUT2D eigenvalue weighted by atomic mass is 10.2. The smallest absolute Gasteiger partial charge is 0.234 e. The fourth-order valence-electron chi connectivity index (χ4n) is 3.58. The number of aryl methyl sites for hydroxylation is 1. The first-order chi connectivity index (χ1) is 13.7. The van der Waals surface area contributed by atoms with E-state index in [-0.39, 0.29) is 12.7 Å². The summed E-state index contributed by atoms with van der Waals surface area (Å²) in [4.78, 5) is 21.2. The number of hydrogen-bond acceptors (Lipinski definition) is 6. The highest BCUT2D eigenvalue weighted by atomic mass is 16.7. The number of nitrogens with one attached hydrogen (secondary N) is 1. The first-order valence-electron chi connectivity index (χ1n) is 9.66. The van der Waals surface area contributed by atoms with Gasteiger partial charge in [-0.25, -0.2) is 0 Å². The van der Waals surface area contributed by atoms with Crippen molar-refractivity contribution >= 4 is 5.91 Å². The molecular weight excluding hydrogens is 356 g/mol. The van der Waals surface area contributed by atoms with Crippen molar-refractivity contribution in [2.75, 3.05) is 39.5 Å². The largest absolute Gasteiger partial charge is 0.454 e. The normalized spacial score (nSPS) is 16.9. The third kappa shape index (κ3) is 4.79. The van der Waals surface area contributed by atoms with Crippen LogP contribution in [-0.4, -0.2) is 60.2 Å². The molecule has 0 radical (unpaired) electrons. The summed E-state index contributed by atoms with van der Waals surface area (Å²) in [6.07, 6.45) is 3.81. The number of piperazine rings is 1. The van der Waals surface area contributed by atoms with Crippen LogP contribution in [0.4, 0.5) is 0 Å². The van der Waals surface area contributed by atoms with E-state index in [4.69, 9.17) is 9.47 Å². The Morgan fingerprint density at radius 1 is 1.04 bits per heavy atom. The lowest BCUT2D eigenvalue weighted by molar-refractivity contribution is -0.122. The molecule has 0 spiro atoms. The number of benzene rings is 1. The number of aromatic nitrogens is 1. The van der Waals surface area contributed by atoms with Gasteiger partial charge in [-0.05, 0) is 35.7 Å². The van der Waals surface area contributed by atoms with Crippen LogP contribution in [0.5, 0.6) is 11.5 Å². The van der Waals surface area contributed by atoms with E-state index in [0.29, 0.717) is 13.1 Å². The van der Waals surface area contributed by atoms with Crippen molar-refractivity contribution in [1.29, 1.82) is 0 Å². The summed E-state index contributed by atoms with van der Waals surface area (Å²) in [5.41, 5.74) is 3.44. The van der Waals surface area contributed by atoms with Gasteiger partial charge in [0.05, 0.1) is 6.54 Å².